The molecule has 0 N–H and O–H groups in total. The van der Waals surface area contributed by atoms with Gasteiger partial charge in [-0.25, -0.2) is 4.39 Å². The molecule has 1 saturated heterocycles. The van der Waals surface area contributed by atoms with E-state index < -0.39 is 5.82 Å². The summed E-state index contributed by atoms with van der Waals surface area (Å²) < 4.78 is 25.0. The molecule has 0 aromatic heterocycles. The van der Waals surface area contributed by atoms with Crippen LogP contribution in [0.1, 0.15) is 0 Å². The van der Waals surface area contributed by atoms with Crippen molar-refractivity contribution < 1.29 is 18.7 Å². The normalized spacial score (nSPS) is 14.3. The van der Waals surface area contributed by atoms with Crippen molar-refractivity contribution in [2.45, 2.75) is 0 Å². The number of amides is 1. The van der Waals surface area contributed by atoms with Crippen molar-refractivity contribution in [1.29, 1.82) is 0 Å². The number of carbonyl (C=O) groups is 1. The van der Waals surface area contributed by atoms with Crippen LogP contribution in [0.2, 0.25) is 0 Å². The smallest absolute Gasteiger partial charge is 0.260 e. The van der Waals surface area contributed by atoms with Crippen molar-refractivity contribution >= 4 is 27.5 Å². The number of carbonyl (C=O) groups excluding carboxylic acids is 1. The van der Waals surface area contributed by atoms with Crippen LogP contribution in [0.4, 0.5) is 10.1 Å². The molecule has 0 bridgehead atoms. The summed E-state index contributed by atoms with van der Waals surface area (Å²) in [6, 6.07) is 12.4. The van der Waals surface area contributed by atoms with Crippen LogP contribution in [0, 0.1) is 5.82 Å². The third kappa shape index (κ3) is 4.46. The summed E-state index contributed by atoms with van der Waals surface area (Å²) in [5.74, 6) is 0.259. The van der Waals surface area contributed by atoms with Crippen LogP contribution in [0.5, 0.6) is 11.5 Å². The zero-order valence-electron chi connectivity index (χ0n) is 14.5. The van der Waals surface area contributed by atoms with Gasteiger partial charge in [-0.1, -0.05) is 22.0 Å². The summed E-state index contributed by atoms with van der Waals surface area (Å²) >= 11 is 3.19. The minimum atomic E-state index is -0.491. The first kappa shape index (κ1) is 18.5. The average molecular weight is 423 g/mol. The van der Waals surface area contributed by atoms with Crippen LogP contribution in [0.15, 0.2) is 46.9 Å². The molecule has 0 radical (unpaired) electrons. The van der Waals surface area contributed by atoms with Gasteiger partial charge in [-0.3, -0.25) is 4.79 Å². The number of halogens is 2. The first-order valence-electron chi connectivity index (χ1n) is 8.31. The SMILES string of the molecule is COc1cccc(N2CCN(C(=O)COc3ccc(Br)cc3F)CC2)c1. The fraction of sp³-hybridized carbons (Fsp3) is 0.316. The van der Waals surface area contributed by atoms with Gasteiger partial charge in [0.25, 0.3) is 5.91 Å². The largest absolute Gasteiger partial charge is 0.497 e. The maximum absolute atomic E-state index is 13.7. The molecule has 1 heterocycles. The highest BCUT2D eigenvalue weighted by atomic mass is 79.9. The van der Waals surface area contributed by atoms with Crippen molar-refractivity contribution in [2.75, 3.05) is 44.8 Å². The molecule has 7 heteroatoms. The lowest BCUT2D eigenvalue weighted by Crippen LogP contribution is -2.50. The van der Waals surface area contributed by atoms with Crippen LogP contribution in [0.3, 0.4) is 0 Å². The van der Waals surface area contributed by atoms with Gasteiger partial charge in [0.15, 0.2) is 18.2 Å². The number of anilines is 1. The van der Waals surface area contributed by atoms with E-state index in [9.17, 15) is 9.18 Å². The van der Waals surface area contributed by atoms with Crippen LogP contribution < -0.4 is 14.4 Å². The number of piperazine rings is 1. The number of benzene rings is 2. The van der Waals surface area contributed by atoms with Crippen molar-refractivity contribution in [3.05, 3.63) is 52.8 Å². The third-order valence-corrected chi connectivity index (χ3v) is 4.79. The highest BCUT2D eigenvalue weighted by Gasteiger charge is 2.22. The zero-order chi connectivity index (χ0) is 18.5. The average Bonchev–Trinajstić information content (AvgIpc) is 2.67. The maximum atomic E-state index is 13.7. The van der Waals surface area contributed by atoms with E-state index in [0.29, 0.717) is 17.6 Å². The van der Waals surface area contributed by atoms with Crippen LogP contribution in [0.25, 0.3) is 0 Å². The molecular formula is C19H20BrFN2O3. The van der Waals surface area contributed by atoms with E-state index in [1.807, 2.05) is 24.3 Å². The standard InChI is InChI=1S/C19H20BrFN2O3/c1-25-16-4-2-3-15(12-16)22-7-9-23(10-8-22)19(24)13-26-18-6-5-14(20)11-17(18)21/h2-6,11-12H,7-10,13H2,1H3. The lowest BCUT2D eigenvalue weighted by atomic mass is 10.2. The van der Waals surface area contributed by atoms with E-state index in [2.05, 4.69) is 20.8 Å². The number of ether oxygens (including phenoxy) is 2. The molecule has 5 nitrogen and oxygen atoms in total. The topological polar surface area (TPSA) is 42.0 Å². The van der Waals surface area contributed by atoms with Gasteiger partial charge in [-0.2, -0.15) is 0 Å². The summed E-state index contributed by atoms with van der Waals surface area (Å²) in [6.07, 6.45) is 0. The molecule has 0 spiro atoms. The summed E-state index contributed by atoms with van der Waals surface area (Å²) in [4.78, 5) is 16.3. The molecule has 1 aliphatic heterocycles. The molecule has 2 aromatic carbocycles. The Bertz CT molecular complexity index is 779. The summed E-state index contributed by atoms with van der Waals surface area (Å²) in [6.45, 7) is 2.49. The van der Waals surface area contributed by atoms with Gasteiger partial charge in [-0.15, -0.1) is 0 Å². The Morgan fingerprint density at radius 2 is 1.92 bits per heavy atom. The Labute approximate surface area is 160 Å². The lowest BCUT2D eigenvalue weighted by molar-refractivity contribution is -0.133. The van der Waals surface area contributed by atoms with Gasteiger partial charge in [0.2, 0.25) is 0 Å². The number of hydrogen-bond donors (Lipinski definition) is 0. The highest BCUT2D eigenvalue weighted by molar-refractivity contribution is 9.10. The molecule has 26 heavy (non-hydrogen) atoms. The minimum Gasteiger partial charge on any atom is -0.497 e. The molecule has 138 valence electrons. The minimum absolute atomic E-state index is 0.0802. The first-order chi connectivity index (χ1) is 12.6. The van der Waals surface area contributed by atoms with E-state index in [1.165, 1.54) is 12.1 Å². The molecule has 3 rings (SSSR count). The second-order valence-electron chi connectivity index (χ2n) is 5.93. The van der Waals surface area contributed by atoms with Crippen molar-refractivity contribution in [2.24, 2.45) is 0 Å². The van der Waals surface area contributed by atoms with E-state index in [-0.39, 0.29) is 18.3 Å². The van der Waals surface area contributed by atoms with Gasteiger partial charge in [0.05, 0.1) is 7.11 Å². The summed E-state index contributed by atoms with van der Waals surface area (Å²) in [5.41, 5.74) is 1.07. The molecule has 0 aliphatic carbocycles. The van der Waals surface area contributed by atoms with Gasteiger partial charge in [0, 0.05) is 42.4 Å². The van der Waals surface area contributed by atoms with Crippen LogP contribution >= 0.6 is 15.9 Å². The van der Waals surface area contributed by atoms with Gasteiger partial charge >= 0.3 is 0 Å². The number of hydrogen-bond acceptors (Lipinski definition) is 4. The fourth-order valence-electron chi connectivity index (χ4n) is 2.84. The van der Waals surface area contributed by atoms with Crippen molar-refractivity contribution in [3.8, 4) is 11.5 Å². The highest BCUT2D eigenvalue weighted by Crippen LogP contribution is 2.23. The van der Waals surface area contributed by atoms with Gasteiger partial charge in [0.1, 0.15) is 5.75 Å². The van der Waals surface area contributed by atoms with Crippen LogP contribution in [-0.4, -0.2) is 50.7 Å². The number of methoxy groups -OCH3 is 1. The number of nitrogens with zero attached hydrogens (tertiary/aromatic N) is 2. The Morgan fingerprint density at radius 3 is 2.62 bits per heavy atom. The van der Waals surface area contributed by atoms with E-state index in [1.54, 1.807) is 18.1 Å². The van der Waals surface area contributed by atoms with Crippen LogP contribution in [-0.2, 0) is 4.79 Å². The van der Waals surface area contributed by atoms with E-state index in [4.69, 9.17) is 9.47 Å². The fourth-order valence-corrected chi connectivity index (χ4v) is 3.18. The quantitative estimate of drug-likeness (QED) is 0.740. The molecule has 0 atom stereocenters. The molecule has 1 fully saturated rings. The van der Waals surface area contributed by atoms with E-state index in [0.717, 1.165) is 24.5 Å². The van der Waals surface area contributed by atoms with Gasteiger partial charge in [-0.05, 0) is 30.3 Å². The second kappa shape index (κ2) is 8.40. The third-order valence-electron chi connectivity index (χ3n) is 4.30. The van der Waals surface area contributed by atoms with Gasteiger partial charge < -0.3 is 19.3 Å². The molecule has 1 aliphatic rings. The Balaban J connectivity index is 1.51. The molecule has 0 unspecified atom stereocenters. The molecule has 1 amide bonds. The summed E-state index contributed by atoms with van der Waals surface area (Å²) in [7, 11) is 1.64. The monoisotopic (exact) mass is 422 g/mol. The summed E-state index contributed by atoms with van der Waals surface area (Å²) in [5, 5.41) is 0. The Hall–Kier alpha value is -2.28. The Kier molecular flexibility index (Phi) is 5.98. The lowest BCUT2D eigenvalue weighted by Gasteiger charge is -2.36. The first-order valence-corrected chi connectivity index (χ1v) is 9.11. The van der Waals surface area contributed by atoms with E-state index >= 15 is 0 Å². The Morgan fingerprint density at radius 1 is 1.15 bits per heavy atom. The molecular weight excluding hydrogens is 403 g/mol. The molecule has 2 aromatic rings. The number of rotatable bonds is 5. The predicted octanol–water partition coefficient (Wildman–Crippen LogP) is 3.32. The van der Waals surface area contributed by atoms with Crippen molar-refractivity contribution in [3.63, 3.8) is 0 Å². The zero-order valence-corrected chi connectivity index (χ0v) is 16.0. The van der Waals surface area contributed by atoms with Crippen molar-refractivity contribution in [1.82, 2.24) is 4.90 Å². The molecule has 0 saturated carbocycles. The second-order valence-corrected chi connectivity index (χ2v) is 6.85. The predicted molar refractivity (Wildman–Crippen MR) is 101 cm³/mol. The maximum Gasteiger partial charge on any atom is 0.260 e.